The van der Waals surface area contributed by atoms with Gasteiger partial charge >= 0.3 is 0 Å². The second-order valence-electron chi connectivity index (χ2n) is 2.78. The van der Waals surface area contributed by atoms with Gasteiger partial charge < -0.3 is 15.8 Å². The fraction of sp³-hybridized carbons (Fsp3) is 0.333. The van der Waals surface area contributed by atoms with E-state index in [-0.39, 0.29) is 6.61 Å². The highest BCUT2D eigenvalue weighted by molar-refractivity contribution is 9.10. The Morgan fingerprint density at radius 2 is 2.47 bits per heavy atom. The Balaban J connectivity index is 2.21. The van der Waals surface area contributed by atoms with E-state index in [4.69, 9.17) is 10.5 Å². The third-order valence-electron chi connectivity index (χ3n) is 1.54. The minimum atomic E-state index is -0.464. The molecule has 0 saturated heterocycles. The van der Waals surface area contributed by atoms with E-state index in [0.29, 0.717) is 13.2 Å². The Morgan fingerprint density at radius 3 is 3.13 bits per heavy atom. The van der Waals surface area contributed by atoms with Gasteiger partial charge in [0.05, 0.1) is 11.1 Å². The van der Waals surface area contributed by atoms with E-state index in [9.17, 15) is 4.79 Å². The molecule has 3 N–H and O–H groups in total. The van der Waals surface area contributed by atoms with Crippen LogP contribution >= 0.6 is 15.9 Å². The van der Waals surface area contributed by atoms with Crippen molar-refractivity contribution in [2.45, 2.75) is 0 Å². The Labute approximate surface area is 96.1 Å². The number of rotatable bonds is 6. The maximum atomic E-state index is 10.3. The maximum Gasteiger partial charge on any atom is 0.243 e. The second kappa shape index (κ2) is 6.36. The third kappa shape index (κ3) is 4.75. The summed E-state index contributed by atoms with van der Waals surface area (Å²) in [5, 5.41) is 3.05. The zero-order chi connectivity index (χ0) is 11.1. The molecule has 0 aliphatic rings. The molecule has 0 atom stereocenters. The van der Waals surface area contributed by atoms with Crippen molar-refractivity contribution < 1.29 is 9.53 Å². The van der Waals surface area contributed by atoms with Gasteiger partial charge in [0, 0.05) is 12.7 Å². The van der Waals surface area contributed by atoms with E-state index in [1.165, 1.54) is 0 Å². The van der Waals surface area contributed by atoms with Gasteiger partial charge in [-0.3, -0.25) is 4.79 Å². The van der Waals surface area contributed by atoms with Gasteiger partial charge in [0.25, 0.3) is 0 Å². The van der Waals surface area contributed by atoms with Gasteiger partial charge in [0.15, 0.2) is 0 Å². The number of pyridine rings is 1. The third-order valence-corrected chi connectivity index (χ3v) is 2.18. The summed E-state index contributed by atoms with van der Waals surface area (Å²) in [6, 6.07) is 3.72. The molecular formula is C9H12BrN3O2. The minimum Gasteiger partial charge on any atom is -0.370 e. The van der Waals surface area contributed by atoms with Crippen LogP contribution in [0.2, 0.25) is 0 Å². The van der Waals surface area contributed by atoms with Crippen molar-refractivity contribution in [3.63, 3.8) is 0 Å². The molecule has 1 amide bonds. The molecule has 6 heteroatoms. The molecule has 1 aromatic rings. The highest BCUT2D eigenvalue weighted by atomic mass is 79.9. The van der Waals surface area contributed by atoms with Crippen molar-refractivity contribution in [1.82, 2.24) is 4.98 Å². The van der Waals surface area contributed by atoms with Crippen molar-refractivity contribution in [2.24, 2.45) is 5.73 Å². The Morgan fingerprint density at radius 1 is 1.67 bits per heavy atom. The first-order valence-electron chi connectivity index (χ1n) is 4.40. The summed E-state index contributed by atoms with van der Waals surface area (Å²) in [5.74, 6) is 0.286. The topological polar surface area (TPSA) is 77.2 Å². The zero-order valence-electron chi connectivity index (χ0n) is 8.07. The molecule has 0 unspecified atom stereocenters. The lowest BCUT2D eigenvalue weighted by Crippen LogP contribution is -2.20. The number of anilines is 1. The van der Waals surface area contributed by atoms with E-state index in [0.717, 1.165) is 10.3 Å². The van der Waals surface area contributed by atoms with Crippen LogP contribution < -0.4 is 11.1 Å². The molecule has 0 aromatic carbocycles. The van der Waals surface area contributed by atoms with Crippen LogP contribution in [0.1, 0.15) is 0 Å². The zero-order valence-corrected chi connectivity index (χ0v) is 9.66. The van der Waals surface area contributed by atoms with Gasteiger partial charge in [0.2, 0.25) is 5.91 Å². The first-order chi connectivity index (χ1) is 7.20. The van der Waals surface area contributed by atoms with Gasteiger partial charge in [-0.1, -0.05) is 0 Å². The van der Waals surface area contributed by atoms with Gasteiger partial charge in [0.1, 0.15) is 12.4 Å². The number of carbonyl (C=O) groups excluding carboxylic acids is 1. The molecule has 82 valence electrons. The highest BCUT2D eigenvalue weighted by Crippen LogP contribution is 2.17. The quantitative estimate of drug-likeness (QED) is 0.751. The Bertz CT molecular complexity index is 333. The Hall–Kier alpha value is -1.14. The predicted molar refractivity (Wildman–Crippen MR) is 60.4 cm³/mol. The summed E-state index contributed by atoms with van der Waals surface area (Å²) in [5.41, 5.74) is 4.91. The molecule has 0 aliphatic heterocycles. The van der Waals surface area contributed by atoms with Crippen LogP contribution in [0.15, 0.2) is 22.8 Å². The van der Waals surface area contributed by atoms with Gasteiger partial charge in [-0.15, -0.1) is 0 Å². The van der Waals surface area contributed by atoms with Crippen molar-refractivity contribution in [1.29, 1.82) is 0 Å². The molecule has 1 aromatic heterocycles. The lowest BCUT2D eigenvalue weighted by atomic mass is 10.4. The summed E-state index contributed by atoms with van der Waals surface area (Å²) in [4.78, 5) is 14.4. The van der Waals surface area contributed by atoms with E-state index in [1.54, 1.807) is 6.20 Å². The summed E-state index contributed by atoms with van der Waals surface area (Å²) in [6.45, 7) is 0.930. The number of amides is 1. The first-order valence-corrected chi connectivity index (χ1v) is 5.20. The summed E-state index contributed by atoms with van der Waals surface area (Å²) in [6.07, 6.45) is 1.69. The number of hydrogen-bond acceptors (Lipinski definition) is 4. The molecule has 1 heterocycles. The normalized spacial score (nSPS) is 9.93. The molecule has 0 bridgehead atoms. The van der Waals surface area contributed by atoms with Gasteiger partial charge in [-0.25, -0.2) is 4.98 Å². The van der Waals surface area contributed by atoms with E-state index in [2.05, 4.69) is 26.2 Å². The Kier molecular flexibility index (Phi) is 5.06. The molecule has 0 saturated carbocycles. The van der Waals surface area contributed by atoms with Gasteiger partial charge in [-0.2, -0.15) is 0 Å². The first kappa shape index (κ1) is 11.9. The lowest BCUT2D eigenvalue weighted by molar-refractivity contribution is -0.122. The molecular weight excluding hydrogens is 262 g/mol. The summed E-state index contributed by atoms with van der Waals surface area (Å²) >= 11 is 3.35. The highest BCUT2D eigenvalue weighted by Gasteiger charge is 1.98. The number of nitrogens with two attached hydrogens (primary N) is 1. The minimum absolute atomic E-state index is 0.0505. The SMILES string of the molecule is NC(=O)COCCNc1ncccc1Br. The average Bonchev–Trinajstić information content (AvgIpc) is 2.20. The van der Waals surface area contributed by atoms with Crippen LogP contribution in [0.3, 0.4) is 0 Å². The molecule has 0 spiro atoms. The fourth-order valence-corrected chi connectivity index (χ4v) is 1.33. The van der Waals surface area contributed by atoms with Gasteiger partial charge in [-0.05, 0) is 28.1 Å². The van der Waals surface area contributed by atoms with E-state index >= 15 is 0 Å². The number of halogens is 1. The standard InChI is InChI=1S/C9H12BrN3O2/c10-7-2-1-3-12-9(7)13-4-5-15-6-8(11)14/h1-3H,4-6H2,(H2,11,14)(H,12,13). The van der Waals surface area contributed by atoms with Crippen LogP contribution in [0.4, 0.5) is 5.82 Å². The number of nitrogens with one attached hydrogen (secondary N) is 1. The van der Waals surface area contributed by atoms with Crippen LogP contribution in [-0.4, -0.2) is 30.6 Å². The van der Waals surface area contributed by atoms with Crippen molar-refractivity contribution in [3.05, 3.63) is 22.8 Å². The molecule has 0 aliphatic carbocycles. The molecule has 1 rings (SSSR count). The second-order valence-corrected chi connectivity index (χ2v) is 3.63. The number of aromatic nitrogens is 1. The van der Waals surface area contributed by atoms with E-state index in [1.807, 2.05) is 12.1 Å². The largest absolute Gasteiger partial charge is 0.370 e. The van der Waals surface area contributed by atoms with Crippen LogP contribution in [0, 0.1) is 0 Å². The fourth-order valence-electron chi connectivity index (χ4n) is 0.930. The molecule has 0 radical (unpaired) electrons. The van der Waals surface area contributed by atoms with Crippen LogP contribution in [0.25, 0.3) is 0 Å². The predicted octanol–water partition coefficient (Wildman–Crippen LogP) is 0.758. The van der Waals surface area contributed by atoms with Crippen molar-refractivity contribution in [2.75, 3.05) is 25.1 Å². The van der Waals surface area contributed by atoms with Crippen molar-refractivity contribution in [3.8, 4) is 0 Å². The number of ether oxygens (including phenoxy) is 1. The molecule has 5 nitrogen and oxygen atoms in total. The van der Waals surface area contributed by atoms with Crippen LogP contribution in [-0.2, 0) is 9.53 Å². The number of primary amides is 1. The summed E-state index contributed by atoms with van der Waals surface area (Å²) in [7, 11) is 0. The van der Waals surface area contributed by atoms with Crippen molar-refractivity contribution >= 4 is 27.7 Å². The van der Waals surface area contributed by atoms with Crippen LogP contribution in [0.5, 0.6) is 0 Å². The molecule has 15 heavy (non-hydrogen) atoms. The lowest BCUT2D eigenvalue weighted by Gasteiger charge is -2.06. The molecule has 0 fully saturated rings. The summed E-state index contributed by atoms with van der Waals surface area (Å²) < 4.78 is 5.87. The monoisotopic (exact) mass is 273 g/mol. The number of nitrogens with zero attached hydrogens (tertiary/aromatic N) is 1. The van der Waals surface area contributed by atoms with E-state index < -0.39 is 5.91 Å². The number of hydrogen-bond donors (Lipinski definition) is 2. The average molecular weight is 274 g/mol. The number of carbonyl (C=O) groups is 1. The smallest absolute Gasteiger partial charge is 0.243 e. The maximum absolute atomic E-state index is 10.3.